The number of ketones is 2. The van der Waals surface area contributed by atoms with E-state index >= 15 is 0 Å². The molecule has 0 spiro atoms. The van der Waals surface area contributed by atoms with Gasteiger partial charge in [-0.3, -0.25) is 14.4 Å². The fourth-order valence-corrected chi connectivity index (χ4v) is 3.30. The Morgan fingerprint density at radius 1 is 0.966 bits per heavy atom. The first-order valence-corrected chi connectivity index (χ1v) is 9.98. The van der Waals surface area contributed by atoms with Gasteiger partial charge in [0.15, 0.2) is 19.0 Å². The lowest BCUT2D eigenvalue weighted by atomic mass is 10.1. The molecule has 0 saturated carbocycles. The molecule has 1 amide bonds. The molecule has 0 aliphatic rings. The number of hydrogen-bond acceptors (Lipinski definition) is 7. The molecule has 1 aromatic carbocycles. The molecule has 0 atom stereocenters. The Hall–Kier alpha value is -3.00. The standard InChI is InChI=1S/C21H23NO6S/c1-3-18(24)15-4-6-16(7-5-15)27-13-21(26)28-12-19(25)20-9-8-17(29-20)10-11-22-14(2)23/h4-9H,3,10-13H2,1-2H3,(H,22,23). The maximum absolute atomic E-state index is 12.1. The Labute approximate surface area is 173 Å². The molecule has 0 radical (unpaired) electrons. The van der Waals surface area contributed by atoms with Crippen LogP contribution in [0.15, 0.2) is 36.4 Å². The van der Waals surface area contributed by atoms with Crippen LogP contribution < -0.4 is 10.1 Å². The number of benzene rings is 1. The van der Waals surface area contributed by atoms with Crippen LogP contribution in [0.5, 0.6) is 5.75 Å². The molecule has 8 heteroatoms. The molecular formula is C21H23NO6S. The van der Waals surface area contributed by atoms with Crippen molar-refractivity contribution in [2.75, 3.05) is 19.8 Å². The molecular weight excluding hydrogens is 394 g/mol. The van der Waals surface area contributed by atoms with Crippen LogP contribution in [0.2, 0.25) is 0 Å². The van der Waals surface area contributed by atoms with E-state index in [9.17, 15) is 19.2 Å². The van der Waals surface area contributed by atoms with Crippen molar-refractivity contribution in [3.8, 4) is 5.75 Å². The highest BCUT2D eigenvalue weighted by Crippen LogP contribution is 2.18. The van der Waals surface area contributed by atoms with Crippen LogP contribution >= 0.6 is 11.3 Å². The molecule has 0 saturated heterocycles. The molecule has 1 heterocycles. The largest absolute Gasteiger partial charge is 0.482 e. The number of ether oxygens (including phenoxy) is 2. The molecule has 29 heavy (non-hydrogen) atoms. The number of carbonyl (C=O) groups excluding carboxylic acids is 4. The quantitative estimate of drug-likeness (QED) is 0.446. The van der Waals surface area contributed by atoms with E-state index in [2.05, 4.69) is 5.32 Å². The normalized spacial score (nSPS) is 10.3. The summed E-state index contributed by atoms with van der Waals surface area (Å²) in [6.45, 7) is 3.04. The van der Waals surface area contributed by atoms with Crippen LogP contribution in [-0.4, -0.2) is 43.2 Å². The number of Topliss-reactive ketones (excluding diaryl/α,β-unsaturated/α-hetero) is 2. The van der Waals surface area contributed by atoms with Gasteiger partial charge in [0, 0.05) is 30.3 Å². The van der Waals surface area contributed by atoms with E-state index in [4.69, 9.17) is 9.47 Å². The van der Waals surface area contributed by atoms with Crippen molar-refractivity contribution < 1.29 is 28.7 Å². The monoisotopic (exact) mass is 417 g/mol. The van der Waals surface area contributed by atoms with Crippen molar-refractivity contribution in [1.82, 2.24) is 5.32 Å². The highest BCUT2D eigenvalue weighted by Gasteiger charge is 2.13. The first-order chi connectivity index (χ1) is 13.9. The summed E-state index contributed by atoms with van der Waals surface area (Å²) in [5, 5.41) is 2.69. The Bertz CT molecular complexity index is 872. The molecule has 0 aliphatic heterocycles. The zero-order valence-corrected chi connectivity index (χ0v) is 17.2. The molecule has 0 unspecified atom stereocenters. The van der Waals surface area contributed by atoms with E-state index in [0.29, 0.717) is 35.6 Å². The second-order valence-electron chi connectivity index (χ2n) is 6.17. The molecule has 7 nitrogen and oxygen atoms in total. The summed E-state index contributed by atoms with van der Waals surface area (Å²) in [5.74, 6) is -0.590. The van der Waals surface area contributed by atoms with Crippen LogP contribution in [0, 0.1) is 0 Å². The number of carbonyl (C=O) groups is 4. The van der Waals surface area contributed by atoms with Crippen molar-refractivity contribution in [2.45, 2.75) is 26.7 Å². The fraction of sp³-hybridized carbons (Fsp3) is 0.333. The highest BCUT2D eigenvalue weighted by molar-refractivity contribution is 7.14. The van der Waals surface area contributed by atoms with Gasteiger partial charge >= 0.3 is 5.97 Å². The van der Waals surface area contributed by atoms with Gasteiger partial charge in [-0.25, -0.2) is 4.79 Å². The van der Waals surface area contributed by atoms with Crippen molar-refractivity contribution in [3.63, 3.8) is 0 Å². The summed E-state index contributed by atoms with van der Waals surface area (Å²) in [5.41, 5.74) is 0.584. The van der Waals surface area contributed by atoms with Gasteiger partial charge in [-0.1, -0.05) is 6.92 Å². The third kappa shape index (κ3) is 7.50. The number of rotatable bonds is 11. The van der Waals surface area contributed by atoms with Gasteiger partial charge in [0.2, 0.25) is 11.7 Å². The number of amides is 1. The molecule has 1 aromatic heterocycles. The summed E-state index contributed by atoms with van der Waals surface area (Å²) in [7, 11) is 0. The lowest BCUT2D eigenvalue weighted by Gasteiger charge is -2.07. The van der Waals surface area contributed by atoms with Crippen molar-refractivity contribution >= 4 is 34.8 Å². The van der Waals surface area contributed by atoms with Gasteiger partial charge in [0.1, 0.15) is 5.75 Å². The first kappa shape index (κ1) is 22.3. The average molecular weight is 417 g/mol. The van der Waals surface area contributed by atoms with Crippen LogP contribution in [0.4, 0.5) is 0 Å². The van der Waals surface area contributed by atoms with Crippen molar-refractivity contribution in [1.29, 1.82) is 0 Å². The lowest BCUT2D eigenvalue weighted by molar-refractivity contribution is -0.144. The first-order valence-electron chi connectivity index (χ1n) is 9.17. The zero-order chi connectivity index (χ0) is 21.2. The third-order valence-corrected chi connectivity index (χ3v) is 5.09. The van der Waals surface area contributed by atoms with Crippen LogP contribution in [0.3, 0.4) is 0 Å². The molecule has 2 rings (SSSR count). The molecule has 2 aromatic rings. The molecule has 1 N–H and O–H groups in total. The fourth-order valence-electron chi connectivity index (χ4n) is 2.37. The smallest absolute Gasteiger partial charge is 0.344 e. The topological polar surface area (TPSA) is 98.8 Å². The van der Waals surface area contributed by atoms with E-state index < -0.39 is 5.97 Å². The Morgan fingerprint density at radius 3 is 2.34 bits per heavy atom. The Morgan fingerprint density at radius 2 is 1.69 bits per heavy atom. The summed E-state index contributed by atoms with van der Waals surface area (Å²) in [6, 6.07) is 9.98. The van der Waals surface area contributed by atoms with Crippen molar-refractivity contribution in [3.05, 3.63) is 51.7 Å². The number of hydrogen-bond donors (Lipinski definition) is 1. The van der Waals surface area contributed by atoms with Gasteiger partial charge < -0.3 is 14.8 Å². The van der Waals surface area contributed by atoms with E-state index in [1.165, 1.54) is 18.3 Å². The summed E-state index contributed by atoms with van der Waals surface area (Å²) >= 11 is 1.31. The second-order valence-corrected chi connectivity index (χ2v) is 7.34. The lowest BCUT2D eigenvalue weighted by Crippen LogP contribution is -2.22. The minimum absolute atomic E-state index is 0.0290. The van der Waals surface area contributed by atoms with Gasteiger partial charge in [-0.15, -0.1) is 11.3 Å². The molecule has 0 bridgehead atoms. The predicted octanol–water partition coefficient (Wildman–Crippen LogP) is 2.82. The zero-order valence-electron chi connectivity index (χ0n) is 16.4. The number of esters is 1. The van der Waals surface area contributed by atoms with Gasteiger partial charge in [-0.05, 0) is 42.8 Å². The van der Waals surface area contributed by atoms with Crippen molar-refractivity contribution in [2.24, 2.45) is 0 Å². The summed E-state index contributed by atoms with van der Waals surface area (Å²) < 4.78 is 10.3. The van der Waals surface area contributed by atoms with E-state index in [1.807, 2.05) is 6.07 Å². The second kappa shape index (κ2) is 11.1. The van der Waals surface area contributed by atoms with Crippen LogP contribution in [0.1, 0.15) is 45.2 Å². The minimum Gasteiger partial charge on any atom is -0.482 e. The summed E-state index contributed by atoms with van der Waals surface area (Å²) in [4.78, 5) is 47.8. The Balaban J connectivity index is 1.73. The van der Waals surface area contributed by atoms with Crippen LogP contribution in [-0.2, 0) is 20.7 Å². The maximum atomic E-state index is 12.1. The number of thiophene rings is 1. The maximum Gasteiger partial charge on any atom is 0.344 e. The minimum atomic E-state index is -0.658. The molecule has 0 aliphatic carbocycles. The molecule has 0 fully saturated rings. The van der Waals surface area contributed by atoms with Gasteiger partial charge in [0.05, 0.1) is 4.88 Å². The van der Waals surface area contributed by atoms with E-state index in [0.717, 1.165) is 4.88 Å². The summed E-state index contributed by atoms with van der Waals surface area (Å²) in [6.07, 6.45) is 1.05. The Kier molecular flexibility index (Phi) is 8.54. The highest BCUT2D eigenvalue weighted by atomic mass is 32.1. The van der Waals surface area contributed by atoms with Crippen LogP contribution in [0.25, 0.3) is 0 Å². The average Bonchev–Trinajstić information content (AvgIpc) is 3.19. The SMILES string of the molecule is CCC(=O)c1ccc(OCC(=O)OCC(=O)c2ccc(CCNC(C)=O)s2)cc1. The van der Waals surface area contributed by atoms with Gasteiger partial charge in [-0.2, -0.15) is 0 Å². The molecule has 154 valence electrons. The van der Waals surface area contributed by atoms with Gasteiger partial charge in [0.25, 0.3) is 0 Å². The van der Waals surface area contributed by atoms with E-state index in [1.54, 1.807) is 37.3 Å². The third-order valence-electron chi connectivity index (χ3n) is 3.90. The van der Waals surface area contributed by atoms with E-state index in [-0.39, 0.29) is 30.7 Å². The predicted molar refractivity (Wildman–Crippen MR) is 109 cm³/mol. The number of nitrogens with one attached hydrogen (secondary N) is 1.